The van der Waals surface area contributed by atoms with Crippen molar-refractivity contribution in [2.75, 3.05) is 12.3 Å². The van der Waals surface area contributed by atoms with Crippen LogP contribution >= 0.6 is 0 Å². The lowest BCUT2D eigenvalue weighted by molar-refractivity contribution is 0.275. The molecule has 0 fully saturated rings. The number of hydrogen-bond acceptors (Lipinski definition) is 4. The molecule has 4 heteroatoms. The number of hydrogen-bond donors (Lipinski definition) is 1. The van der Waals surface area contributed by atoms with Crippen molar-refractivity contribution < 1.29 is 9.26 Å². The topological polar surface area (TPSA) is 61.3 Å². The molecule has 2 rings (SSSR count). The van der Waals surface area contributed by atoms with Crippen LogP contribution < -0.4 is 10.5 Å². The van der Waals surface area contributed by atoms with Crippen LogP contribution in [0.4, 0.5) is 5.69 Å². The van der Waals surface area contributed by atoms with E-state index in [0.29, 0.717) is 23.8 Å². The third kappa shape index (κ3) is 3.15. The predicted molar refractivity (Wildman–Crippen MR) is 72.7 cm³/mol. The van der Waals surface area contributed by atoms with Crippen LogP contribution in [0.15, 0.2) is 22.7 Å². The number of ether oxygens (including phenoxy) is 1. The van der Waals surface area contributed by atoms with Crippen LogP contribution in [0.25, 0.3) is 11.0 Å². The van der Waals surface area contributed by atoms with Gasteiger partial charge >= 0.3 is 0 Å². The predicted octanol–water partition coefficient (Wildman–Crippen LogP) is 3.76. The summed E-state index contributed by atoms with van der Waals surface area (Å²) in [4.78, 5) is 0. The van der Waals surface area contributed by atoms with Gasteiger partial charge in [0.1, 0.15) is 0 Å². The Morgan fingerprint density at radius 3 is 2.89 bits per heavy atom. The van der Waals surface area contributed by atoms with Gasteiger partial charge in [0.15, 0.2) is 5.58 Å². The number of aromatic nitrogens is 1. The lowest BCUT2D eigenvalue weighted by Crippen LogP contribution is -1.97. The Kier molecular flexibility index (Phi) is 4.45. The lowest BCUT2D eigenvalue weighted by Gasteiger charge is -2.02. The van der Waals surface area contributed by atoms with E-state index in [4.69, 9.17) is 15.0 Å². The Morgan fingerprint density at radius 2 is 2.06 bits per heavy atom. The van der Waals surface area contributed by atoms with Gasteiger partial charge in [-0.25, -0.2) is 0 Å². The molecule has 0 aliphatic heterocycles. The molecule has 1 heterocycles. The molecule has 2 N–H and O–H groups in total. The fourth-order valence-electron chi connectivity index (χ4n) is 1.91. The summed E-state index contributed by atoms with van der Waals surface area (Å²) in [6, 6.07) is 5.44. The highest BCUT2D eigenvalue weighted by Gasteiger charge is 2.09. The van der Waals surface area contributed by atoms with Gasteiger partial charge in [-0.15, -0.1) is 0 Å². The molecule has 98 valence electrons. The van der Waals surface area contributed by atoms with E-state index in [0.717, 1.165) is 11.8 Å². The van der Waals surface area contributed by atoms with E-state index in [-0.39, 0.29) is 0 Å². The minimum Gasteiger partial charge on any atom is -0.475 e. The number of unbranched alkanes of at least 4 members (excludes halogenated alkanes) is 4. The van der Waals surface area contributed by atoms with Gasteiger partial charge in [-0.2, -0.15) is 0 Å². The molecule has 0 radical (unpaired) electrons. The molecular formula is C14H20N2O2. The van der Waals surface area contributed by atoms with E-state index >= 15 is 0 Å². The zero-order chi connectivity index (χ0) is 12.8. The lowest BCUT2D eigenvalue weighted by atomic mass is 10.2. The Hall–Kier alpha value is -1.71. The van der Waals surface area contributed by atoms with Gasteiger partial charge in [0.05, 0.1) is 12.0 Å². The molecule has 0 saturated heterocycles. The Balaban J connectivity index is 1.86. The van der Waals surface area contributed by atoms with Crippen molar-refractivity contribution in [3.63, 3.8) is 0 Å². The molecule has 4 nitrogen and oxygen atoms in total. The molecule has 1 aromatic heterocycles. The minimum atomic E-state index is 0.549. The first-order valence-corrected chi connectivity index (χ1v) is 6.59. The van der Waals surface area contributed by atoms with Crippen LogP contribution in [0.5, 0.6) is 5.88 Å². The van der Waals surface area contributed by atoms with E-state index in [1.165, 1.54) is 25.7 Å². The van der Waals surface area contributed by atoms with Crippen molar-refractivity contribution in [1.82, 2.24) is 5.16 Å². The summed E-state index contributed by atoms with van der Waals surface area (Å²) in [5, 5.41) is 4.77. The van der Waals surface area contributed by atoms with Crippen LogP contribution in [-0.2, 0) is 0 Å². The average molecular weight is 248 g/mol. The maximum absolute atomic E-state index is 5.74. The Labute approximate surface area is 107 Å². The zero-order valence-electron chi connectivity index (χ0n) is 10.8. The standard InChI is InChI=1S/C14H20N2O2/c1-2-3-4-5-6-9-17-14-12-10-11(15)7-8-13(12)18-16-14/h7-8,10H,2-6,9,15H2,1H3. The molecular weight excluding hydrogens is 228 g/mol. The molecule has 0 spiro atoms. The van der Waals surface area contributed by atoms with E-state index < -0.39 is 0 Å². The molecule has 0 unspecified atom stereocenters. The van der Waals surface area contributed by atoms with Crippen LogP contribution in [0.1, 0.15) is 39.0 Å². The molecule has 0 amide bonds. The van der Waals surface area contributed by atoms with Crippen molar-refractivity contribution in [3.8, 4) is 5.88 Å². The van der Waals surface area contributed by atoms with Crippen LogP contribution in [0.3, 0.4) is 0 Å². The number of benzene rings is 1. The summed E-state index contributed by atoms with van der Waals surface area (Å²) >= 11 is 0. The number of nitrogens with two attached hydrogens (primary N) is 1. The summed E-state index contributed by atoms with van der Waals surface area (Å²) < 4.78 is 10.8. The van der Waals surface area contributed by atoms with Gasteiger partial charge < -0.3 is 15.0 Å². The number of fused-ring (bicyclic) bond motifs is 1. The second-order valence-corrected chi connectivity index (χ2v) is 4.51. The highest BCUT2D eigenvalue weighted by Crippen LogP contribution is 2.26. The van der Waals surface area contributed by atoms with Crippen molar-refractivity contribution in [1.29, 1.82) is 0 Å². The molecule has 2 aromatic rings. The molecule has 0 bridgehead atoms. The number of rotatable bonds is 7. The quantitative estimate of drug-likeness (QED) is 0.598. The second kappa shape index (κ2) is 6.28. The van der Waals surface area contributed by atoms with Crippen molar-refractivity contribution in [3.05, 3.63) is 18.2 Å². The normalized spacial score (nSPS) is 10.9. The van der Waals surface area contributed by atoms with Gasteiger partial charge in [-0.3, -0.25) is 0 Å². The third-order valence-electron chi connectivity index (χ3n) is 2.95. The maximum Gasteiger partial charge on any atom is 0.262 e. The van der Waals surface area contributed by atoms with Gasteiger partial charge in [0, 0.05) is 5.69 Å². The molecule has 0 aliphatic rings. The smallest absolute Gasteiger partial charge is 0.262 e. The van der Waals surface area contributed by atoms with Gasteiger partial charge in [-0.1, -0.05) is 32.6 Å². The van der Waals surface area contributed by atoms with Crippen LogP contribution in [0.2, 0.25) is 0 Å². The molecule has 18 heavy (non-hydrogen) atoms. The molecule has 0 saturated carbocycles. The summed E-state index contributed by atoms with van der Waals surface area (Å²) in [5.74, 6) is 0.549. The van der Waals surface area contributed by atoms with E-state index in [9.17, 15) is 0 Å². The minimum absolute atomic E-state index is 0.549. The first kappa shape index (κ1) is 12.7. The zero-order valence-corrected chi connectivity index (χ0v) is 10.8. The Morgan fingerprint density at radius 1 is 1.22 bits per heavy atom. The fraction of sp³-hybridized carbons (Fsp3) is 0.500. The second-order valence-electron chi connectivity index (χ2n) is 4.51. The van der Waals surface area contributed by atoms with Crippen LogP contribution in [-0.4, -0.2) is 11.8 Å². The van der Waals surface area contributed by atoms with E-state index in [2.05, 4.69) is 12.1 Å². The molecule has 0 atom stereocenters. The fourth-order valence-corrected chi connectivity index (χ4v) is 1.91. The summed E-state index contributed by atoms with van der Waals surface area (Å²) in [5.41, 5.74) is 7.14. The number of anilines is 1. The monoisotopic (exact) mass is 248 g/mol. The maximum atomic E-state index is 5.74. The SMILES string of the molecule is CCCCCCCOc1noc2ccc(N)cc12. The van der Waals surface area contributed by atoms with E-state index in [1.807, 2.05) is 12.1 Å². The third-order valence-corrected chi connectivity index (χ3v) is 2.95. The molecule has 0 aliphatic carbocycles. The summed E-state index contributed by atoms with van der Waals surface area (Å²) in [6.07, 6.45) is 6.08. The van der Waals surface area contributed by atoms with Gasteiger partial charge in [-0.05, 0) is 29.8 Å². The van der Waals surface area contributed by atoms with E-state index in [1.54, 1.807) is 6.07 Å². The molecule has 1 aromatic carbocycles. The largest absolute Gasteiger partial charge is 0.475 e. The number of nitrogens with zero attached hydrogens (tertiary/aromatic N) is 1. The average Bonchev–Trinajstić information content (AvgIpc) is 2.76. The Bertz CT molecular complexity index is 493. The van der Waals surface area contributed by atoms with Crippen molar-refractivity contribution in [2.45, 2.75) is 39.0 Å². The highest BCUT2D eigenvalue weighted by atomic mass is 16.5. The summed E-state index contributed by atoms with van der Waals surface area (Å²) in [7, 11) is 0. The number of nitrogen functional groups attached to an aromatic ring is 1. The van der Waals surface area contributed by atoms with Crippen molar-refractivity contribution >= 4 is 16.7 Å². The summed E-state index contributed by atoms with van der Waals surface area (Å²) in [6.45, 7) is 2.89. The highest BCUT2D eigenvalue weighted by molar-refractivity contribution is 5.85. The first-order valence-electron chi connectivity index (χ1n) is 6.59. The van der Waals surface area contributed by atoms with Gasteiger partial charge in [0.25, 0.3) is 5.88 Å². The van der Waals surface area contributed by atoms with Gasteiger partial charge in [0.2, 0.25) is 0 Å². The van der Waals surface area contributed by atoms with Crippen molar-refractivity contribution in [2.24, 2.45) is 0 Å². The van der Waals surface area contributed by atoms with Crippen LogP contribution in [0, 0.1) is 0 Å². The first-order chi connectivity index (χ1) is 8.81.